The maximum absolute atomic E-state index is 10.6. The van der Waals surface area contributed by atoms with E-state index >= 15 is 0 Å². The molecule has 0 aliphatic carbocycles. The van der Waals surface area contributed by atoms with Gasteiger partial charge in [0.15, 0.2) is 10.8 Å². The summed E-state index contributed by atoms with van der Waals surface area (Å²) >= 11 is 0. The average Bonchev–Trinajstić information content (AvgIpc) is 2.47. The maximum atomic E-state index is 10.6. The lowest BCUT2D eigenvalue weighted by molar-refractivity contribution is 0.533. The van der Waals surface area contributed by atoms with E-state index in [9.17, 15) is 4.55 Å². The van der Waals surface area contributed by atoms with E-state index in [0.29, 0.717) is 4.58 Å². The smallest absolute Gasteiger partial charge is 0.220 e. The van der Waals surface area contributed by atoms with Crippen molar-refractivity contribution in [3.8, 4) is 0 Å². The summed E-state index contributed by atoms with van der Waals surface area (Å²) in [6.45, 7) is 4.40. The first-order valence-electron chi connectivity index (χ1n) is 3.31. The predicted octanol–water partition coefficient (Wildman–Crippen LogP) is 2.16. The average molecular weight is 164 g/mol. The summed E-state index contributed by atoms with van der Waals surface area (Å²) in [5.74, 6) is 0.758. The molecule has 3 atom stereocenters. The molecule has 0 bridgehead atoms. The number of hydrogen-bond donors (Lipinski definition) is 0. The third kappa shape index (κ3) is 2.40. The van der Waals surface area contributed by atoms with Crippen molar-refractivity contribution in [2.24, 2.45) is 5.92 Å². The van der Waals surface area contributed by atoms with Gasteiger partial charge in [0.25, 0.3) is 0 Å². The summed E-state index contributed by atoms with van der Waals surface area (Å²) in [6, 6.07) is 0. The zero-order valence-corrected chi connectivity index (χ0v) is 7.43. The molecule has 0 radical (unpaired) electrons. The molecule has 0 aromatic rings. The van der Waals surface area contributed by atoms with Crippen LogP contribution in [0.2, 0.25) is 0 Å². The van der Waals surface area contributed by atoms with E-state index in [0.717, 1.165) is 12.3 Å². The lowest BCUT2D eigenvalue weighted by atomic mass is 10.1. The molecule has 3 unspecified atom stereocenters. The molecule has 1 fully saturated rings. The first-order chi connectivity index (χ1) is 4.24. The van der Waals surface area contributed by atoms with Crippen LogP contribution in [0.25, 0.3) is 0 Å². The minimum absolute atomic E-state index is 0.486. The van der Waals surface area contributed by atoms with Gasteiger partial charge < -0.3 is 4.55 Å². The Morgan fingerprint density at radius 1 is 1.78 bits per heavy atom. The van der Waals surface area contributed by atoms with Crippen LogP contribution < -0.4 is 0 Å². The van der Waals surface area contributed by atoms with Gasteiger partial charge in [-0.1, -0.05) is 20.3 Å². The zero-order valence-electron chi connectivity index (χ0n) is 5.79. The molecule has 0 aromatic carbocycles. The Labute approximate surface area is 63.2 Å². The van der Waals surface area contributed by atoms with Crippen molar-refractivity contribution in [2.45, 2.75) is 31.3 Å². The molecule has 0 saturated carbocycles. The topological polar surface area (TPSA) is 23.1 Å². The summed E-state index contributed by atoms with van der Waals surface area (Å²) in [5.41, 5.74) is 0. The van der Waals surface area contributed by atoms with Crippen LogP contribution >= 0.6 is 10.8 Å². The molecule has 1 saturated heterocycles. The molecule has 1 nitrogen and oxygen atoms in total. The predicted molar refractivity (Wildman–Crippen MR) is 43.6 cm³/mol. The lowest BCUT2D eigenvalue weighted by Gasteiger charge is -2.00. The van der Waals surface area contributed by atoms with Crippen LogP contribution in [0.3, 0.4) is 0 Å². The van der Waals surface area contributed by atoms with Crippen LogP contribution in [0.1, 0.15) is 26.7 Å². The molecular formula is C6H12OS2. The van der Waals surface area contributed by atoms with Crippen LogP contribution in [0.4, 0.5) is 0 Å². The largest absolute Gasteiger partial charge is 0.604 e. The monoisotopic (exact) mass is 164 g/mol. The Balaban J connectivity index is 2.05. The highest BCUT2D eigenvalue weighted by Gasteiger charge is 2.46. The second-order valence-electron chi connectivity index (χ2n) is 2.54. The van der Waals surface area contributed by atoms with Crippen LogP contribution in [0.5, 0.6) is 0 Å². The summed E-state index contributed by atoms with van der Waals surface area (Å²) in [4.78, 5) is 0. The van der Waals surface area contributed by atoms with E-state index < -0.39 is 10.2 Å². The molecule has 54 valence electrons. The van der Waals surface area contributed by atoms with Gasteiger partial charge in [-0.15, -0.1) is 0 Å². The second-order valence-corrected chi connectivity index (χ2v) is 6.25. The van der Waals surface area contributed by atoms with Gasteiger partial charge in [-0.05, 0) is 5.92 Å². The quantitative estimate of drug-likeness (QED) is 0.362. The minimum atomic E-state index is -0.504. The van der Waals surface area contributed by atoms with Gasteiger partial charge in [0.1, 0.15) is 0 Å². The molecule has 0 aromatic heterocycles. The standard InChI is InChI=1S/C6H12OS2/c1-3-5(2)4-6-8-9(6)7/h5-6H,3-4H2,1-2H3. The van der Waals surface area contributed by atoms with Crippen LogP contribution in [0, 0.1) is 5.92 Å². The van der Waals surface area contributed by atoms with Crippen molar-refractivity contribution in [3.63, 3.8) is 0 Å². The molecule has 1 rings (SSSR count). The summed E-state index contributed by atoms with van der Waals surface area (Å²) in [7, 11) is 1.10. The molecular weight excluding hydrogens is 152 g/mol. The number of hydrogen-bond acceptors (Lipinski definition) is 2. The minimum Gasteiger partial charge on any atom is -0.604 e. The van der Waals surface area contributed by atoms with E-state index in [2.05, 4.69) is 13.8 Å². The highest BCUT2D eigenvalue weighted by atomic mass is 33.2. The van der Waals surface area contributed by atoms with E-state index in [1.54, 1.807) is 10.8 Å². The second kappa shape index (κ2) is 3.17. The normalized spacial score (nSPS) is 36.3. The van der Waals surface area contributed by atoms with Crippen LogP contribution in [-0.2, 0) is 10.2 Å². The van der Waals surface area contributed by atoms with Gasteiger partial charge in [0.2, 0.25) is 4.58 Å². The van der Waals surface area contributed by atoms with Crippen molar-refractivity contribution in [1.82, 2.24) is 0 Å². The van der Waals surface area contributed by atoms with Crippen molar-refractivity contribution >= 4 is 21.0 Å². The summed E-state index contributed by atoms with van der Waals surface area (Å²) < 4.78 is 11.1. The third-order valence-corrected chi connectivity index (χ3v) is 4.68. The van der Waals surface area contributed by atoms with Gasteiger partial charge in [-0.25, -0.2) is 0 Å². The summed E-state index contributed by atoms with van der Waals surface area (Å²) in [5, 5.41) is 0. The first-order valence-corrected chi connectivity index (χ1v) is 5.92. The number of rotatable bonds is 3. The fraction of sp³-hybridized carbons (Fsp3) is 1.00. The Morgan fingerprint density at radius 3 is 2.67 bits per heavy atom. The molecule has 9 heavy (non-hydrogen) atoms. The lowest BCUT2D eigenvalue weighted by Crippen LogP contribution is -1.97. The molecule has 1 heterocycles. The Morgan fingerprint density at radius 2 is 2.33 bits per heavy atom. The SMILES string of the molecule is CCC(C)CC1S[S+]1[O-]. The third-order valence-electron chi connectivity index (χ3n) is 1.67. The van der Waals surface area contributed by atoms with Crippen molar-refractivity contribution in [3.05, 3.63) is 0 Å². The maximum Gasteiger partial charge on any atom is 0.220 e. The zero-order chi connectivity index (χ0) is 6.85. The fourth-order valence-corrected chi connectivity index (χ4v) is 3.01. The fourth-order valence-electron chi connectivity index (χ4n) is 0.696. The molecule has 1 aliphatic rings. The van der Waals surface area contributed by atoms with Crippen LogP contribution in [0.15, 0.2) is 0 Å². The van der Waals surface area contributed by atoms with Gasteiger partial charge in [-0.3, -0.25) is 0 Å². The van der Waals surface area contributed by atoms with E-state index in [-0.39, 0.29) is 0 Å². The van der Waals surface area contributed by atoms with Gasteiger partial charge >= 0.3 is 0 Å². The van der Waals surface area contributed by atoms with E-state index in [1.165, 1.54) is 6.42 Å². The van der Waals surface area contributed by atoms with Gasteiger partial charge in [0, 0.05) is 16.6 Å². The molecule has 0 amide bonds. The molecule has 0 N–H and O–H groups in total. The summed E-state index contributed by atoms with van der Waals surface area (Å²) in [6.07, 6.45) is 2.36. The van der Waals surface area contributed by atoms with E-state index in [4.69, 9.17) is 0 Å². The molecule has 3 heteroatoms. The van der Waals surface area contributed by atoms with Crippen LogP contribution in [-0.4, -0.2) is 9.13 Å². The van der Waals surface area contributed by atoms with Gasteiger partial charge in [-0.2, -0.15) is 0 Å². The Bertz CT molecular complexity index is 95.1. The highest BCUT2D eigenvalue weighted by Crippen LogP contribution is 2.47. The van der Waals surface area contributed by atoms with Crippen molar-refractivity contribution in [2.75, 3.05) is 0 Å². The Hall–Kier alpha value is 0.660. The highest BCUT2D eigenvalue weighted by molar-refractivity contribution is 8.88. The first kappa shape index (κ1) is 7.76. The van der Waals surface area contributed by atoms with E-state index in [1.807, 2.05) is 0 Å². The van der Waals surface area contributed by atoms with Gasteiger partial charge in [0.05, 0.1) is 0 Å². The Kier molecular flexibility index (Phi) is 2.73. The molecule has 0 spiro atoms. The molecule has 1 aliphatic heterocycles. The van der Waals surface area contributed by atoms with Crippen molar-refractivity contribution in [1.29, 1.82) is 0 Å². The van der Waals surface area contributed by atoms with Crippen molar-refractivity contribution < 1.29 is 4.55 Å².